The van der Waals surface area contributed by atoms with E-state index in [0.717, 1.165) is 28.2 Å². The molecule has 140 valence electrons. The van der Waals surface area contributed by atoms with Gasteiger partial charge in [-0.3, -0.25) is 0 Å². The minimum Gasteiger partial charge on any atom is -1.00 e. The zero-order valence-electron chi connectivity index (χ0n) is 15.7. The fourth-order valence-electron chi connectivity index (χ4n) is 3.84. The first-order chi connectivity index (χ1) is 13.3. The summed E-state index contributed by atoms with van der Waals surface area (Å²) < 4.78 is 7.54. The van der Waals surface area contributed by atoms with Crippen LogP contribution in [0.2, 0.25) is 0 Å². The molecule has 0 bridgehead atoms. The molecule has 0 radical (unpaired) electrons. The maximum atomic E-state index is 5.28. The van der Waals surface area contributed by atoms with Gasteiger partial charge in [-0.05, 0) is 42.5 Å². The van der Waals surface area contributed by atoms with Crippen LogP contribution in [0.4, 0.5) is 11.4 Å². The molecule has 0 spiro atoms. The van der Waals surface area contributed by atoms with Gasteiger partial charge in [-0.1, -0.05) is 24.3 Å². The Bertz CT molecular complexity index is 1290. The van der Waals surface area contributed by atoms with Crippen LogP contribution in [0.25, 0.3) is 32.8 Å². The summed E-state index contributed by atoms with van der Waals surface area (Å²) in [6, 6.07) is 24.9. The van der Waals surface area contributed by atoms with Crippen molar-refractivity contribution >= 4 is 44.2 Å². The van der Waals surface area contributed by atoms with Gasteiger partial charge in [0.1, 0.15) is 18.3 Å². The molecule has 4 nitrogen and oxygen atoms in total. The highest BCUT2D eigenvalue weighted by molar-refractivity contribution is 6.13. The molecule has 2 N–H and O–H groups in total. The normalized spacial score (nSPS) is 10.9. The monoisotopic (exact) mass is 481 g/mol. The number of methoxy groups -OCH3 is 1. The van der Waals surface area contributed by atoms with E-state index in [1.165, 1.54) is 21.8 Å². The predicted molar refractivity (Wildman–Crippen MR) is 111 cm³/mol. The highest BCUT2D eigenvalue weighted by Crippen LogP contribution is 2.35. The van der Waals surface area contributed by atoms with Gasteiger partial charge in [-0.15, -0.1) is 0 Å². The summed E-state index contributed by atoms with van der Waals surface area (Å²) in [5, 5.41) is 6.03. The van der Waals surface area contributed by atoms with E-state index in [-0.39, 0.29) is 24.0 Å². The summed E-state index contributed by atoms with van der Waals surface area (Å²) in [5.74, 6) is 0.848. The van der Waals surface area contributed by atoms with E-state index in [0.29, 0.717) is 0 Å². The largest absolute Gasteiger partial charge is 1.00 e. The van der Waals surface area contributed by atoms with Crippen molar-refractivity contribution in [3.8, 4) is 5.75 Å². The third kappa shape index (κ3) is 2.86. The number of aromatic nitrogens is 2. The van der Waals surface area contributed by atoms with E-state index < -0.39 is 0 Å². The van der Waals surface area contributed by atoms with Gasteiger partial charge in [0, 0.05) is 11.8 Å². The topological polar surface area (TPSA) is 40.9 Å². The van der Waals surface area contributed by atoms with Gasteiger partial charge in [0.2, 0.25) is 11.0 Å². The Morgan fingerprint density at radius 1 is 0.857 bits per heavy atom. The van der Waals surface area contributed by atoms with Crippen LogP contribution in [-0.2, 0) is 7.05 Å². The van der Waals surface area contributed by atoms with Crippen molar-refractivity contribution in [2.24, 2.45) is 7.05 Å². The number of hydrogen-bond acceptors (Lipinski definition) is 2. The number of nitrogens with one attached hydrogen (secondary N) is 2. The average molecular weight is 481 g/mol. The third-order valence-corrected chi connectivity index (χ3v) is 5.16. The van der Waals surface area contributed by atoms with E-state index in [9.17, 15) is 0 Å². The molecule has 0 unspecified atom stereocenters. The van der Waals surface area contributed by atoms with Crippen LogP contribution in [0.3, 0.4) is 0 Å². The van der Waals surface area contributed by atoms with Crippen molar-refractivity contribution in [1.82, 2.24) is 4.98 Å². The number of rotatable bonds is 3. The lowest BCUT2D eigenvalue weighted by Gasteiger charge is -2.11. The lowest BCUT2D eigenvalue weighted by Crippen LogP contribution is -3.00. The average Bonchev–Trinajstić information content (AvgIpc) is 3.11. The molecule has 0 saturated heterocycles. The molecule has 0 amide bonds. The molecule has 0 aliphatic rings. The number of ether oxygens (including phenoxy) is 1. The second-order valence-corrected chi connectivity index (χ2v) is 6.70. The van der Waals surface area contributed by atoms with Crippen LogP contribution in [0.15, 0.2) is 72.8 Å². The Morgan fingerprint density at radius 2 is 1.54 bits per heavy atom. The van der Waals surface area contributed by atoms with Gasteiger partial charge in [0.25, 0.3) is 0 Å². The van der Waals surface area contributed by atoms with E-state index >= 15 is 0 Å². The number of nitrogens with zero attached hydrogens (tertiary/aromatic N) is 1. The first-order valence-corrected chi connectivity index (χ1v) is 8.98. The highest BCUT2D eigenvalue weighted by atomic mass is 127. The number of benzene rings is 3. The van der Waals surface area contributed by atoms with E-state index in [2.05, 4.69) is 70.4 Å². The number of hydrogen-bond donors (Lipinski definition) is 2. The standard InChI is InChI=1S/C23H19N3O.HI/c1-26-20-10-6-4-8-18(20)21(24-15-11-13-16(27-2)14-12-15)22-23(26)17-7-3-5-9-19(17)25-22;/h3-14H,1-2H3,(H,24,25);1H. The minimum absolute atomic E-state index is 0. The Morgan fingerprint density at radius 3 is 2.29 bits per heavy atom. The molecule has 0 fully saturated rings. The maximum Gasteiger partial charge on any atom is 0.240 e. The second-order valence-electron chi connectivity index (χ2n) is 6.70. The number of pyridine rings is 1. The SMILES string of the molecule is COc1ccc(Nc2c3ccccc3[n+](C)c3c2[nH]c2ccccc23)cc1.[I-]. The van der Waals surface area contributed by atoms with Crippen molar-refractivity contribution in [1.29, 1.82) is 0 Å². The van der Waals surface area contributed by atoms with Gasteiger partial charge in [-0.25, -0.2) is 0 Å². The van der Waals surface area contributed by atoms with Gasteiger partial charge in [0.15, 0.2) is 0 Å². The Kier molecular flexibility index (Phi) is 4.85. The molecule has 3 aromatic carbocycles. The number of halogens is 1. The van der Waals surface area contributed by atoms with Crippen LogP contribution in [0.1, 0.15) is 0 Å². The molecule has 5 heteroatoms. The predicted octanol–water partition coefficient (Wildman–Crippen LogP) is 2.05. The fraction of sp³-hybridized carbons (Fsp3) is 0.0870. The zero-order chi connectivity index (χ0) is 18.4. The van der Waals surface area contributed by atoms with Gasteiger partial charge in [0.05, 0.1) is 29.1 Å². The second kappa shape index (κ2) is 7.31. The van der Waals surface area contributed by atoms with Crippen LogP contribution < -0.4 is 38.6 Å². The lowest BCUT2D eigenvalue weighted by molar-refractivity contribution is -0.616. The van der Waals surface area contributed by atoms with Crippen LogP contribution >= 0.6 is 0 Å². The molecule has 0 atom stereocenters. The summed E-state index contributed by atoms with van der Waals surface area (Å²) in [4.78, 5) is 3.61. The maximum absolute atomic E-state index is 5.28. The third-order valence-electron chi connectivity index (χ3n) is 5.16. The minimum atomic E-state index is 0. The van der Waals surface area contributed by atoms with Gasteiger partial charge in [-0.2, -0.15) is 4.57 Å². The van der Waals surface area contributed by atoms with Crippen molar-refractivity contribution < 1.29 is 33.3 Å². The molecule has 5 aromatic rings. The lowest BCUT2D eigenvalue weighted by atomic mass is 10.1. The molecule has 5 rings (SSSR count). The molecule has 28 heavy (non-hydrogen) atoms. The number of fused-ring (bicyclic) bond motifs is 4. The number of H-pyrrole nitrogens is 1. The number of para-hydroxylation sites is 2. The van der Waals surface area contributed by atoms with Crippen molar-refractivity contribution in [3.05, 3.63) is 72.8 Å². The summed E-state index contributed by atoms with van der Waals surface area (Å²) in [6.07, 6.45) is 0. The number of aromatic amines is 1. The van der Waals surface area contributed by atoms with Gasteiger partial charge < -0.3 is 39.0 Å². The van der Waals surface area contributed by atoms with Crippen LogP contribution in [0, 0.1) is 0 Å². The first-order valence-electron chi connectivity index (χ1n) is 8.98. The summed E-state index contributed by atoms with van der Waals surface area (Å²) >= 11 is 0. The molecular formula is C23H20IN3O. The smallest absolute Gasteiger partial charge is 0.240 e. The fourth-order valence-corrected chi connectivity index (χ4v) is 3.84. The van der Waals surface area contributed by atoms with Crippen LogP contribution in [-0.4, -0.2) is 12.1 Å². The first kappa shape index (κ1) is 18.6. The van der Waals surface area contributed by atoms with Crippen LogP contribution in [0.5, 0.6) is 5.75 Å². The Hall–Kier alpha value is -2.80. The molecule has 0 aliphatic heterocycles. The van der Waals surface area contributed by atoms with Gasteiger partial charge >= 0.3 is 0 Å². The zero-order valence-corrected chi connectivity index (χ0v) is 17.8. The van der Waals surface area contributed by atoms with E-state index in [1.807, 2.05) is 24.3 Å². The van der Waals surface area contributed by atoms with Crippen molar-refractivity contribution in [2.75, 3.05) is 12.4 Å². The highest BCUT2D eigenvalue weighted by Gasteiger charge is 2.22. The Labute approximate surface area is 180 Å². The molecule has 2 aromatic heterocycles. The number of anilines is 2. The van der Waals surface area contributed by atoms with E-state index in [1.54, 1.807) is 7.11 Å². The van der Waals surface area contributed by atoms with Crippen molar-refractivity contribution in [3.63, 3.8) is 0 Å². The summed E-state index contributed by atoms with van der Waals surface area (Å²) in [6.45, 7) is 0. The summed E-state index contributed by atoms with van der Waals surface area (Å²) in [7, 11) is 3.81. The number of aryl methyl sites for hydroxylation is 1. The van der Waals surface area contributed by atoms with Crippen molar-refractivity contribution in [2.45, 2.75) is 0 Å². The molecular weight excluding hydrogens is 461 g/mol. The molecule has 2 heterocycles. The Balaban J connectivity index is 0.00000192. The summed E-state index contributed by atoms with van der Waals surface area (Å²) in [5.41, 5.74) is 6.73. The van der Waals surface area contributed by atoms with E-state index in [4.69, 9.17) is 4.74 Å². The quantitative estimate of drug-likeness (QED) is 0.306. The molecule has 0 aliphatic carbocycles. The molecule has 0 saturated carbocycles.